The summed E-state index contributed by atoms with van der Waals surface area (Å²) in [4.78, 5) is 45.6. The maximum absolute atomic E-state index is 13.4. The van der Waals surface area contributed by atoms with Gasteiger partial charge in [0.2, 0.25) is 17.7 Å². The summed E-state index contributed by atoms with van der Waals surface area (Å²) in [5, 5.41) is 6.55. The van der Waals surface area contributed by atoms with E-state index in [1.165, 1.54) is 0 Å². The van der Waals surface area contributed by atoms with E-state index in [1.807, 2.05) is 68.4 Å². The zero-order valence-electron chi connectivity index (χ0n) is 21.4. The zero-order chi connectivity index (χ0) is 26.7. The second-order valence-corrected chi connectivity index (χ2v) is 11.7. The molecule has 2 N–H and O–H groups in total. The summed E-state index contributed by atoms with van der Waals surface area (Å²) in [6.07, 6.45) is 4.35. The molecule has 7 nitrogen and oxygen atoms in total. The van der Waals surface area contributed by atoms with E-state index in [2.05, 4.69) is 15.6 Å². The van der Waals surface area contributed by atoms with Gasteiger partial charge in [-0.05, 0) is 72.7 Å². The first-order valence-corrected chi connectivity index (χ1v) is 13.3. The number of hydrogen-bond acceptors (Lipinski definition) is 4. The van der Waals surface area contributed by atoms with Crippen LogP contribution in [0.4, 0.5) is 11.5 Å². The van der Waals surface area contributed by atoms with Crippen molar-refractivity contribution in [3.8, 4) is 0 Å². The van der Waals surface area contributed by atoms with Gasteiger partial charge in [-0.1, -0.05) is 49.7 Å². The van der Waals surface area contributed by atoms with Crippen molar-refractivity contribution < 1.29 is 14.4 Å². The molecular formula is C30H29ClN4O3. The molecule has 38 heavy (non-hydrogen) atoms. The van der Waals surface area contributed by atoms with E-state index in [9.17, 15) is 14.4 Å². The fourth-order valence-corrected chi connectivity index (χ4v) is 6.33. The Labute approximate surface area is 226 Å². The highest BCUT2D eigenvalue weighted by Crippen LogP contribution is 2.47. The smallest absolute Gasteiger partial charge is 0.244 e. The van der Waals surface area contributed by atoms with Crippen molar-refractivity contribution in [1.29, 1.82) is 0 Å². The third kappa shape index (κ3) is 4.06. The Bertz CT molecular complexity index is 1470. The van der Waals surface area contributed by atoms with Gasteiger partial charge in [0.15, 0.2) is 0 Å². The summed E-state index contributed by atoms with van der Waals surface area (Å²) < 4.78 is 0. The number of carbonyl (C=O) groups excluding carboxylic acids is 3. The van der Waals surface area contributed by atoms with Crippen molar-refractivity contribution in [2.45, 2.75) is 51.0 Å². The van der Waals surface area contributed by atoms with Crippen molar-refractivity contribution in [3.63, 3.8) is 0 Å². The molecule has 1 aliphatic carbocycles. The molecule has 2 aromatic carbocycles. The number of hydrogen-bond donors (Lipinski definition) is 2. The summed E-state index contributed by atoms with van der Waals surface area (Å²) in [6, 6.07) is 16.9. The number of halogens is 1. The molecule has 3 aliphatic rings. The van der Waals surface area contributed by atoms with Gasteiger partial charge in [-0.15, -0.1) is 0 Å². The Morgan fingerprint density at radius 1 is 1.11 bits per heavy atom. The van der Waals surface area contributed by atoms with Gasteiger partial charge >= 0.3 is 0 Å². The largest absolute Gasteiger partial charge is 0.326 e. The molecule has 3 amide bonds. The van der Waals surface area contributed by atoms with Gasteiger partial charge in [0.1, 0.15) is 12.4 Å². The van der Waals surface area contributed by atoms with Crippen molar-refractivity contribution >= 4 is 40.8 Å². The number of nitrogens with one attached hydrogen (secondary N) is 2. The van der Waals surface area contributed by atoms with E-state index in [1.54, 1.807) is 11.1 Å². The predicted molar refractivity (Wildman–Crippen MR) is 146 cm³/mol. The number of amides is 3. The highest BCUT2D eigenvalue weighted by atomic mass is 35.5. The van der Waals surface area contributed by atoms with Crippen molar-refractivity contribution in [1.82, 2.24) is 9.88 Å². The number of anilines is 2. The Morgan fingerprint density at radius 3 is 2.66 bits per heavy atom. The molecule has 3 heterocycles. The van der Waals surface area contributed by atoms with Gasteiger partial charge in [-0.25, -0.2) is 4.98 Å². The van der Waals surface area contributed by atoms with Gasteiger partial charge < -0.3 is 15.5 Å². The molecule has 1 saturated heterocycles. The standard InChI is InChI=1S/C30H29ClN4O3/c1-29(2)12-11-24(18-5-8-21(31)9-6-18)35(28(29)38)17-25(36)33-22-10-7-19-15-30(16-20(19)14-22)23-4-3-13-32-26(23)34-27(30)37/h3-10,13-14,24H,11-12,15-17H2,1-2H3,(H,33,36)(H,32,34,37). The Balaban J connectivity index is 1.20. The molecule has 1 fully saturated rings. The highest BCUT2D eigenvalue weighted by Gasteiger charge is 2.51. The third-order valence-electron chi connectivity index (χ3n) is 8.29. The van der Waals surface area contributed by atoms with Crippen LogP contribution in [0.3, 0.4) is 0 Å². The average Bonchev–Trinajstić information content (AvgIpc) is 3.40. The Kier molecular flexibility index (Phi) is 5.80. The minimum Gasteiger partial charge on any atom is -0.326 e. The lowest BCUT2D eigenvalue weighted by Gasteiger charge is -2.43. The number of pyridine rings is 1. The number of likely N-dealkylation sites (tertiary alicyclic amines) is 1. The molecule has 1 aromatic heterocycles. The van der Waals surface area contributed by atoms with Gasteiger partial charge in [-0.2, -0.15) is 0 Å². The van der Waals surface area contributed by atoms with Crippen LogP contribution in [0.2, 0.25) is 5.02 Å². The average molecular weight is 529 g/mol. The summed E-state index contributed by atoms with van der Waals surface area (Å²) in [5.41, 5.74) is 3.48. The lowest BCUT2D eigenvalue weighted by molar-refractivity contribution is -0.150. The molecule has 0 radical (unpaired) electrons. The van der Waals surface area contributed by atoms with Crippen LogP contribution in [0.15, 0.2) is 60.8 Å². The van der Waals surface area contributed by atoms with Gasteiger partial charge in [-0.3, -0.25) is 14.4 Å². The van der Waals surface area contributed by atoms with E-state index >= 15 is 0 Å². The Morgan fingerprint density at radius 2 is 1.87 bits per heavy atom. The van der Waals surface area contributed by atoms with Crippen LogP contribution in [-0.2, 0) is 32.6 Å². The van der Waals surface area contributed by atoms with E-state index < -0.39 is 10.8 Å². The molecule has 2 atom stereocenters. The van der Waals surface area contributed by atoms with Gasteiger partial charge in [0.05, 0.1) is 11.5 Å². The van der Waals surface area contributed by atoms with E-state index in [-0.39, 0.29) is 30.3 Å². The molecule has 2 aliphatic heterocycles. The lowest BCUT2D eigenvalue weighted by Crippen LogP contribution is -2.50. The monoisotopic (exact) mass is 528 g/mol. The van der Waals surface area contributed by atoms with Gasteiger partial charge in [0.25, 0.3) is 0 Å². The molecule has 194 valence electrons. The maximum Gasteiger partial charge on any atom is 0.244 e. The Hall–Kier alpha value is -3.71. The number of carbonyl (C=O) groups is 3. The van der Waals surface area contributed by atoms with Crippen LogP contribution in [-0.4, -0.2) is 34.2 Å². The van der Waals surface area contributed by atoms with E-state index in [0.29, 0.717) is 29.4 Å². The van der Waals surface area contributed by atoms with E-state index in [4.69, 9.17) is 11.6 Å². The minimum atomic E-state index is -0.661. The van der Waals surface area contributed by atoms with Gasteiger partial charge in [0, 0.05) is 27.9 Å². The molecule has 3 aromatic rings. The molecule has 2 unspecified atom stereocenters. The number of rotatable bonds is 4. The number of piperidine rings is 1. The summed E-state index contributed by atoms with van der Waals surface area (Å²) in [7, 11) is 0. The SMILES string of the molecule is CC1(C)CCC(c2ccc(Cl)cc2)N(CC(=O)Nc2ccc3c(c2)CC2(C3)C(=O)Nc3ncccc32)C1=O. The molecular weight excluding hydrogens is 500 g/mol. The molecule has 0 saturated carbocycles. The second kappa shape index (κ2) is 8.95. The minimum absolute atomic E-state index is 0.0331. The topological polar surface area (TPSA) is 91.4 Å². The first-order valence-electron chi connectivity index (χ1n) is 12.9. The van der Waals surface area contributed by atoms with Crippen LogP contribution in [0.5, 0.6) is 0 Å². The number of benzene rings is 2. The fourth-order valence-electron chi connectivity index (χ4n) is 6.20. The van der Waals surface area contributed by atoms with Crippen molar-refractivity contribution in [2.24, 2.45) is 5.41 Å². The van der Waals surface area contributed by atoms with Crippen LogP contribution < -0.4 is 10.6 Å². The van der Waals surface area contributed by atoms with Crippen LogP contribution in [0.25, 0.3) is 0 Å². The van der Waals surface area contributed by atoms with Crippen molar-refractivity contribution in [3.05, 3.63) is 88.1 Å². The number of aromatic nitrogens is 1. The first kappa shape index (κ1) is 24.6. The summed E-state index contributed by atoms with van der Waals surface area (Å²) >= 11 is 6.08. The third-order valence-corrected chi connectivity index (χ3v) is 8.54. The maximum atomic E-state index is 13.4. The summed E-state index contributed by atoms with van der Waals surface area (Å²) in [6.45, 7) is 3.82. The molecule has 8 heteroatoms. The quantitative estimate of drug-likeness (QED) is 0.495. The number of fused-ring (bicyclic) bond motifs is 3. The first-order chi connectivity index (χ1) is 18.2. The molecule has 0 bridgehead atoms. The van der Waals surface area contributed by atoms with Crippen LogP contribution in [0, 0.1) is 5.41 Å². The second-order valence-electron chi connectivity index (χ2n) is 11.2. The van der Waals surface area contributed by atoms with E-state index in [0.717, 1.165) is 35.1 Å². The lowest BCUT2D eigenvalue weighted by atomic mass is 9.78. The van der Waals surface area contributed by atoms with Crippen LogP contribution >= 0.6 is 11.6 Å². The zero-order valence-corrected chi connectivity index (χ0v) is 22.1. The summed E-state index contributed by atoms with van der Waals surface area (Å²) in [5.74, 6) is 0.306. The van der Waals surface area contributed by atoms with Crippen LogP contribution in [0.1, 0.15) is 55.0 Å². The fraction of sp³-hybridized carbons (Fsp3) is 0.333. The highest BCUT2D eigenvalue weighted by molar-refractivity contribution is 6.30. The number of nitrogens with zero attached hydrogens (tertiary/aromatic N) is 2. The normalized spacial score (nSPS) is 23.2. The predicted octanol–water partition coefficient (Wildman–Crippen LogP) is 5.05. The molecule has 6 rings (SSSR count). The molecule has 1 spiro atoms. The van der Waals surface area contributed by atoms with Crippen molar-refractivity contribution in [2.75, 3.05) is 17.2 Å².